The Hall–Kier alpha value is -2.09. The van der Waals surface area contributed by atoms with Crippen molar-refractivity contribution >= 4 is 5.97 Å². The molecule has 0 amide bonds. The number of aromatic nitrogens is 1. The lowest BCUT2D eigenvalue weighted by Crippen LogP contribution is -2.26. The molecule has 0 aliphatic heterocycles. The SMILES string of the molecule is Cc1ccn(CC(=O)O)c(=O)c1C#N. The predicted octanol–water partition coefficient (Wildman–Crippen LogP) is 0.113. The standard InChI is InChI=1S/C9H8N2O3/c1-6-2-3-11(5-8(12)13)9(14)7(6)4-10/h2-3H,5H2,1H3,(H,12,13). The number of rotatable bonds is 2. The van der Waals surface area contributed by atoms with E-state index in [-0.39, 0.29) is 5.56 Å². The topological polar surface area (TPSA) is 83.1 Å². The average molecular weight is 192 g/mol. The maximum Gasteiger partial charge on any atom is 0.323 e. The number of hydrogen-bond acceptors (Lipinski definition) is 3. The largest absolute Gasteiger partial charge is 0.480 e. The van der Waals surface area contributed by atoms with Crippen LogP contribution < -0.4 is 5.56 Å². The van der Waals surface area contributed by atoms with Gasteiger partial charge in [0.2, 0.25) is 0 Å². The molecule has 72 valence electrons. The Morgan fingerprint density at radius 3 is 2.86 bits per heavy atom. The first-order valence-corrected chi connectivity index (χ1v) is 3.88. The summed E-state index contributed by atoms with van der Waals surface area (Å²) in [6.45, 7) is 1.21. The molecule has 5 heteroatoms. The van der Waals surface area contributed by atoms with Crippen molar-refractivity contribution in [2.45, 2.75) is 13.5 Å². The van der Waals surface area contributed by atoms with E-state index in [2.05, 4.69) is 0 Å². The van der Waals surface area contributed by atoms with Crippen LogP contribution in [0.2, 0.25) is 0 Å². The van der Waals surface area contributed by atoms with Gasteiger partial charge in [-0.2, -0.15) is 5.26 Å². The lowest BCUT2D eigenvalue weighted by atomic mass is 10.2. The molecule has 0 radical (unpaired) electrons. The number of pyridine rings is 1. The Morgan fingerprint density at radius 2 is 2.36 bits per heavy atom. The number of carbonyl (C=O) groups is 1. The van der Waals surface area contributed by atoms with Crippen LogP contribution >= 0.6 is 0 Å². The molecular formula is C9H8N2O3. The number of aliphatic carboxylic acids is 1. The van der Waals surface area contributed by atoms with E-state index in [0.29, 0.717) is 5.56 Å². The van der Waals surface area contributed by atoms with Crippen molar-refractivity contribution in [2.24, 2.45) is 0 Å². The molecule has 0 aliphatic rings. The summed E-state index contributed by atoms with van der Waals surface area (Å²) < 4.78 is 0.994. The zero-order valence-corrected chi connectivity index (χ0v) is 7.52. The van der Waals surface area contributed by atoms with E-state index < -0.39 is 18.1 Å². The summed E-state index contributed by atoms with van der Waals surface area (Å²) in [7, 11) is 0. The number of aryl methyl sites for hydroxylation is 1. The summed E-state index contributed by atoms with van der Waals surface area (Å²) >= 11 is 0. The minimum Gasteiger partial charge on any atom is -0.480 e. The highest BCUT2D eigenvalue weighted by molar-refractivity contribution is 5.66. The van der Waals surface area contributed by atoms with Gasteiger partial charge in [-0.3, -0.25) is 9.59 Å². The molecule has 0 unspecified atom stereocenters. The van der Waals surface area contributed by atoms with Crippen molar-refractivity contribution in [3.05, 3.63) is 33.7 Å². The molecule has 1 aromatic heterocycles. The minimum atomic E-state index is -1.11. The van der Waals surface area contributed by atoms with Crippen molar-refractivity contribution in [3.63, 3.8) is 0 Å². The molecule has 14 heavy (non-hydrogen) atoms. The number of nitriles is 1. The smallest absolute Gasteiger partial charge is 0.323 e. The first-order chi connectivity index (χ1) is 6.56. The molecule has 1 aromatic rings. The van der Waals surface area contributed by atoms with Gasteiger partial charge in [-0.05, 0) is 18.6 Å². The number of hydrogen-bond donors (Lipinski definition) is 1. The second-order valence-electron chi connectivity index (χ2n) is 2.81. The second-order valence-corrected chi connectivity index (χ2v) is 2.81. The van der Waals surface area contributed by atoms with Gasteiger partial charge in [-0.15, -0.1) is 0 Å². The summed E-state index contributed by atoms with van der Waals surface area (Å²) in [5.41, 5.74) is -0.0113. The van der Waals surface area contributed by atoms with Crippen molar-refractivity contribution < 1.29 is 9.90 Å². The third-order valence-electron chi connectivity index (χ3n) is 1.79. The van der Waals surface area contributed by atoms with E-state index >= 15 is 0 Å². The summed E-state index contributed by atoms with van der Waals surface area (Å²) in [6, 6.07) is 3.30. The Morgan fingerprint density at radius 1 is 1.71 bits per heavy atom. The molecule has 0 fully saturated rings. The van der Waals surface area contributed by atoms with Gasteiger partial charge in [-0.1, -0.05) is 0 Å². The van der Waals surface area contributed by atoms with Crippen LogP contribution in [0.3, 0.4) is 0 Å². The van der Waals surface area contributed by atoms with E-state index in [0.717, 1.165) is 4.57 Å². The van der Waals surface area contributed by atoms with Crippen LogP contribution in [0, 0.1) is 18.3 Å². The normalized spacial score (nSPS) is 9.43. The van der Waals surface area contributed by atoms with Crippen LogP contribution in [0.15, 0.2) is 17.1 Å². The van der Waals surface area contributed by atoms with Crippen LogP contribution in [-0.4, -0.2) is 15.6 Å². The van der Waals surface area contributed by atoms with Gasteiger partial charge < -0.3 is 9.67 Å². The van der Waals surface area contributed by atoms with E-state index in [1.807, 2.05) is 0 Å². The zero-order chi connectivity index (χ0) is 10.7. The van der Waals surface area contributed by atoms with Gasteiger partial charge in [0, 0.05) is 6.20 Å². The van der Waals surface area contributed by atoms with Gasteiger partial charge >= 0.3 is 5.97 Å². The maximum atomic E-state index is 11.4. The van der Waals surface area contributed by atoms with E-state index in [1.165, 1.54) is 6.20 Å². The fourth-order valence-corrected chi connectivity index (χ4v) is 1.07. The number of nitrogens with zero attached hydrogens (tertiary/aromatic N) is 2. The molecule has 0 aromatic carbocycles. The van der Waals surface area contributed by atoms with E-state index in [4.69, 9.17) is 10.4 Å². The molecule has 0 saturated heterocycles. The molecule has 0 spiro atoms. The predicted molar refractivity (Wildman–Crippen MR) is 47.8 cm³/mol. The van der Waals surface area contributed by atoms with Crippen LogP contribution in [0.5, 0.6) is 0 Å². The van der Waals surface area contributed by atoms with Crippen LogP contribution in [0.1, 0.15) is 11.1 Å². The van der Waals surface area contributed by atoms with Crippen molar-refractivity contribution in [1.82, 2.24) is 4.57 Å². The minimum absolute atomic E-state index is 0.00579. The fourth-order valence-electron chi connectivity index (χ4n) is 1.07. The highest BCUT2D eigenvalue weighted by Crippen LogP contribution is 1.99. The molecule has 0 bridgehead atoms. The average Bonchev–Trinajstić information content (AvgIpc) is 2.10. The molecule has 0 atom stereocenters. The van der Waals surface area contributed by atoms with Crippen LogP contribution in [0.25, 0.3) is 0 Å². The van der Waals surface area contributed by atoms with Crippen molar-refractivity contribution in [3.8, 4) is 6.07 Å². The highest BCUT2D eigenvalue weighted by Gasteiger charge is 2.08. The first-order valence-electron chi connectivity index (χ1n) is 3.88. The zero-order valence-electron chi connectivity index (χ0n) is 7.52. The molecule has 5 nitrogen and oxygen atoms in total. The van der Waals surface area contributed by atoms with Crippen molar-refractivity contribution in [2.75, 3.05) is 0 Å². The fraction of sp³-hybridized carbons (Fsp3) is 0.222. The van der Waals surface area contributed by atoms with Crippen LogP contribution in [-0.2, 0) is 11.3 Å². The second kappa shape index (κ2) is 3.75. The van der Waals surface area contributed by atoms with E-state index in [9.17, 15) is 9.59 Å². The summed E-state index contributed by atoms with van der Waals surface area (Å²) in [5, 5.41) is 17.1. The van der Waals surface area contributed by atoms with E-state index in [1.54, 1.807) is 19.1 Å². The maximum absolute atomic E-state index is 11.4. The molecule has 0 aliphatic carbocycles. The Kier molecular flexibility index (Phi) is 2.67. The third-order valence-corrected chi connectivity index (χ3v) is 1.79. The summed E-state index contributed by atoms with van der Waals surface area (Å²) in [5.74, 6) is -1.11. The molecule has 1 rings (SSSR count). The van der Waals surface area contributed by atoms with Gasteiger partial charge in [0.05, 0.1) is 0 Å². The quantitative estimate of drug-likeness (QED) is 0.721. The highest BCUT2D eigenvalue weighted by atomic mass is 16.4. The van der Waals surface area contributed by atoms with Gasteiger partial charge in [0.25, 0.3) is 5.56 Å². The first kappa shape index (κ1) is 9.99. The Labute approximate surface area is 79.8 Å². The lowest BCUT2D eigenvalue weighted by Gasteiger charge is -2.03. The monoisotopic (exact) mass is 192 g/mol. The molecular weight excluding hydrogens is 184 g/mol. The number of carboxylic acid groups (broad SMARTS) is 1. The Bertz CT molecular complexity index is 468. The van der Waals surface area contributed by atoms with Gasteiger partial charge in [0.1, 0.15) is 18.2 Å². The van der Waals surface area contributed by atoms with Gasteiger partial charge in [-0.25, -0.2) is 0 Å². The Balaban J connectivity index is 3.31. The molecule has 0 saturated carbocycles. The molecule has 1 heterocycles. The third kappa shape index (κ3) is 1.80. The summed E-state index contributed by atoms with van der Waals surface area (Å²) in [6.07, 6.45) is 1.37. The summed E-state index contributed by atoms with van der Waals surface area (Å²) in [4.78, 5) is 21.8. The van der Waals surface area contributed by atoms with Gasteiger partial charge in [0.15, 0.2) is 0 Å². The van der Waals surface area contributed by atoms with Crippen LogP contribution in [0.4, 0.5) is 0 Å². The lowest BCUT2D eigenvalue weighted by molar-refractivity contribution is -0.137. The van der Waals surface area contributed by atoms with Crippen molar-refractivity contribution in [1.29, 1.82) is 5.26 Å². The number of carboxylic acids is 1. The molecule has 1 N–H and O–H groups in total.